The fourth-order valence-electron chi connectivity index (χ4n) is 2.07. The molecule has 0 aliphatic rings. The van der Waals surface area contributed by atoms with Gasteiger partial charge in [0.2, 0.25) is 0 Å². The molecule has 104 valence electrons. The second-order valence-electron chi connectivity index (χ2n) is 4.63. The number of aryl methyl sites for hydroxylation is 1. The van der Waals surface area contributed by atoms with Crippen molar-refractivity contribution in [3.63, 3.8) is 0 Å². The van der Waals surface area contributed by atoms with E-state index in [4.69, 9.17) is 5.73 Å². The summed E-state index contributed by atoms with van der Waals surface area (Å²) in [6.45, 7) is 2.12. The van der Waals surface area contributed by atoms with Crippen LogP contribution in [0.3, 0.4) is 0 Å². The Morgan fingerprint density at radius 2 is 2.00 bits per heavy atom. The van der Waals surface area contributed by atoms with Gasteiger partial charge in [0.05, 0.1) is 0 Å². The third-order valence-electron chi connectivity index (χ3n) is 2.97. The molecule has 2 aromatic rings. The lowest BCUT2D eigenvalue weighted by Crippen LogP contribution is -2.13. The van der Waals surface area contributed by atoms with Crippen LogP contribution in [-0.4, -0.2) is 5.91 Å². The minimum absolute atomic E-state index is 0.151. The minimum atomic E-state index is -0.151. The predicted molar refractivity (Wildman–Crippen MR) is 86.9 cm³/mol. The molecule has 0 aromatic heterocycles. The Morgan fingerprint density at radius 1 is 1.25 bits per heavy atom. The van der Waals surface area contributed by atoms with E-state index >= 15 is 0 Å². The average molecular weight is 333 g/mol. The fraction of sp³-hybridized carbons (Fsp3) is 0.188. The standard InChI is InChI=1S/C16H17BrN2O/c1-2-5-11-6-3-4-7-15(11)19-16(20)12-8-13(17)10-14(18)9-12/h3-4,6-10H,2,5,18H2,1H3,(H,19,20). The number of benzene rings is 2. The normalized spacial score (nSPS) is 10.3. The van der Waals surface area contributed by atoms with Gasteiger partial charge >= 0.3 is 0 Å². The largest absolute Gasteiger partial charge is 0.399 e. The molecule has 0 heterocycles. The molecular weight excluding hydrogens is 316 g/mol. The zero-order valence-electron chi connectivity index (χ0n) is 11.3. The summed E-state index contributed by atoms with van der Waals surface area (Å²) < 4.78 is 0.796. The molecule has 0 atom stereocenters. The van der Waals surface area contributed by atoms with Crippen LogP contribution < -0.4 is 11.1 Å². The van der Waals surface area contributed by atoms with E-state index in [9.17, 15) is 4.79 Å². The maximum Gasteiger partial charge on any atom is 0.255 e. The summed E-state index contributed by atoms with van der Waals surface area (Å²) >= 11 is 3.35. The van der Waals surface area contributed by atoms with Gasteiger partial charge in [0.15, 0.2) is 0 Å². The monoisotopic (exact) mass is 332 g/mol. The molecule has 2 aromatic carbocycles. The van der Waals surface area contributed by atoms with Crippen LogP contribution in [0.5, 0.6) is 0 Å². The van der Waals surface area contributed by atoms with Crippen LogP contribution in [0.1, 0.15) is 29.3 Å². The quantitative estimate of drug-likeness (QED) is 0.823. The molecule has 0 aliphatic carbocycles. The van der Waals surface area contributed by atoms with E-state index in [2.05, 4.69) is 28.2 Å². The van der Waals surface area contributed by atoms with Crippen molar-refractivity contribution in [1.82, 2.24) is 0 Å². The van der Waals surface area contributed by atoms with Crippen molar-refractivity contribution in [2.75, 3.05) is 11.1 Å². The van der Waals surface area contributed by atoms with E-state index in [1.807, 2.05) is 24.3 Å². The van der Waals surface area contributed by atoms with Crippen LogP contribution in [0, 0.1) is 0 Å². The molecule has 0 unspecified atom stereocenters. The molecule has 3 nitrogen and oxygen atoms in total. The van der Waals surface area contributed by atoms with Crippen LogP contribution in [0.25, 0.3) is 0 Å². The van der Waals surface area contributed by atoms with Crippen molar-refractivity contribution in [2.24, 2.45) is 0 Å². The number of halogens is 1. The van der Waals surface area contributed by atoms with E-state index < -0.39 is 0 Å². The third-order valence-corrected chi connectivity index (χ3v) is 3.43. The summed E-state index contributed by atoms with van der Waals surface area (Å²) in [5.41, 5.74) is 8.87. The number of nitrogens with two attached hydrogens (primary N) is 1. The van der Waals surface area contributed by atoms with Crippen molar-refractivity contribution >= 4 is 33.2 Å². The number of anilines is 2. The maximum absolute atomic E-state index is 12.3. The first kappa shape index (κ1) is 14.6. The lowest BCUT2D eigenvalue weighted by Gasteiger charge is -2.11. The summed E-state index contributed by atoms with van der Waals surface area (Å²) in [7, 11) is 0. The highest BCUT2D eigenvalue weighted by molar-refractivity contribution is 9.10. The second-order valence-corrected chi connectivity index (χ2v) is 5.55. The van der Waals surface area contributed by atoms with Crippen molar-refractivity contribution in [3.05, 3.63) is 58.1 Å². The van der Waals surface area contributed by atoms with Gasteiger partial charge in [0, 0.05) is 21.4 Å². The summed E-state index contributed by atoms with van der Waals surface area (Å²) in [6.07, 6.45) is 1.98. The topological polar surface area (TPSA) is 55.1 Å². The van der Waals surface area contributed by atoms with Gasteiger partial charge in [-0.15, -0.1) is 0 Å². The summed E-state index contributed by atoms with van der Waals surface area (Å²) in [4.78, 5) is 12.3. The summed E-state index contributed by atoms with van der Waals surface area (Å²) in [6, 6.07) is 13.1. The van der Waals surface area contributed by atoms with Gasteiger partial charge in [0.1, 0.15) is 0 Å². The molecule has 1 amide bonds. The summed E-state index contributed by atoms with van der Waals surface area (Å²) in [5.74, 6) is -0.151. The van der Waals surface area contributed by atoms with Crippen LogP contribution >= 0.6 is 15.9 Å². The highest BCUT2D eigenvalue weighted by Gasteiger charge is 2.10. The SMILES string of the molecule is CCCc1ccccc1NC(=O)c1cc(N)cc(Br)c1. The Kier molecular flexibility index (Phi) is 4.79. The molecule has 0 spiro atoms. The first-order chi connectivity index (χ1) is 9.60. The molecule has 2 rings (SSSR count). The Bertz CT molecular complexity index is 605. The number of hydrogen-bond acceptors (Lipinski definition) is 2. The number of amides is 1. The molecule has 0 saturated carbocycles. The highest BCUT2D eigenvalue weighted by Crippen LogP contribution is 2.21. The van der Waals surface area contributed by atoms with Gasteiger partial charge in [-0.3, -0.25) is 4.79 Å². The molecule has 3 N–H and O–H groups in total. The van der Waals surface area contributed by atoms with Gasteiger partial charge in [-0.1, -0.05) is 47.5 Å². The number of carbonyl (C=O) groups is 1. The van der Waals surface area contributed by atoms with Crippen LogP contribution in [0.4, 0.5) is 11.4 Å². The Hall–Kier alpha value is -1.81. The van der Waals surface area contributed by atoms with Crippen LogP contribution in [0.2, 0.25) is 0 Å². The van der Waals surface area contributed by atoms with Crippen molar-refractivity contribution in [2.45, 2.75) is 19.8 Å². The summed E-state index contributed by atoms with van der Waals surface area (Å²) in [5, 5.41) is 2.95. The Balaban J connectivity index is 2.23. The average Bonchev–Trinajstić information content (AvgIpc) is 2.40. The van der Waals surface area contributed by atoms with Crippen molar-refractivity contribution < 1.29 is 4.79 Å². The van der Waals surface area contributed by atoms with Crippen LogP contribution in [0.15, 0.2) is 46.9 Å². The highest BCUT2D eigenvalue weighted by atomic mass is 79.9. The van der Waals surface area contributed by atoms with Gasteiger partial charge in [-0.05, 0) is 36.2 Å². The third kappa shape index (κ3) is 3.61. The smallest absolute Gasteiger partial charge is 0.255 e. The number of nitrogen functional groups attached to an aromatic ring is 1. The van der Waals surface area contributed by atoms with E-state index in [1.165, 1.54) is 0 Å². The molecule has 0 bridgehead atoms. The van der Waals surface area contributed by atoms with Crippen molar-refractivity contribution in [1.29, 1.82) is 0 Å². The second kappa shape index (κ2) is 6.57. The molecule has 0 saturated heterocycles. The lowest BCUT2D eigenvalue weighted by atomic mass is 10.1. The van der Waals surface area contributed by atoms with Gasteiger partial charge in [-0.2, -0.15) is 0 Å². The Labute approximate surface area is 127 Å². The predicted octanol–water partition coefficient (Wildman–Crippen LogP) is 4.24. The Morgan fingerprint density at radius 3 is 2.70 bits per heavy atom. The fourth-order valence-corrected chi connectivity index (χ4v) is 2.58. The number of nitrogens with one attached hydrogen (secondary N) is 1. The van der Waals surface area contributed by atoms with Gasteiger partial charge in [-0.25, -0.2) is 0 Å². The number of hydrogen-bond donors (Lipinski definition) is 2. The minimum Gasteiger partial charge on any atom is -0.399 e. The zero-order chi connectivity index (χ0) is 14.5. The number of para-hydroxylation sites is 1. The first-order valence-corrected chi connectivity index (χ1v) is 7.34. The van der Waals surface area contributed by atoms with Crippen LogP contribution in [-0.2, 0) is 6.42 Å². The van der Waals surface area contributed by atoms with E-state index in [0.717, 1.165) is 28.6 Å². The number of carbonyl (C=O) groups excluding carboxylic acids is 1. The maximum atomic E-state index is 12.3. The molecule has 0 fully saturated rings. The molecule has 0 aliphatic heterocycles. The molecule has 20 heavy (non-hydrogen) atoms. The number of rotatable bonds is 4. The van der Waals surface area contributed by atoms with Crippen molar-refractivity contribution in [3.8, 4) is 0 Å². The molecule has 4 heteroatoms. The van der Waals surface area contributed by atoms with E-state index in [0.29, 0.717) is 11.3 Å². The zero-order valence-corrected chi connectivity index (χ0v) is 12.9. The molecular formula is C16H17BrN2O. The lowest BCUT2D eigenvalue weighted by molar-refractivity contribution is 0.102. The molecule has 0 radical (unpaired) electrons. The van der Waals surface area contributed by atoms with Gasteiger partial charge < -0.3 is 11.1 Å². The van der Waals surface area contributed by atoms with E-state index in [-0.39, 0.29) is 5.91 Å². The first-order valence-electron chi connectivity index (χ1n) is 6.55. The van der Waals surface area contributed by atoms with E-state index in [1.54, 1.807) is 18.2 Å². The van der Waals surface area contributed by atoms with Gasteiger partial charge in [0.25, 0.3) is 5.91 Å².